The van der Waals surface area contributed by atoms with Crippen molar-refractivity contribution in [3.63, 3.8) is 0 Å². The number of carbonyl (C=O) groups excluding carboxylic acids is 1. The van der Waals surface area contributed by atoms with E-state index in [1.807, 2.05) is 11.0 Å². The van der Waals surface area contributed by atoms with E-state index >= 15 is 0 Å². The van der Waals surface area contributed by atoms with Crippen LogP contribution < -0.4 is 15.4 Å². The zero-order valence-electron chi connectivity index (χ0n) is 19.0. The molecule has 0 spiro atoms. The molecule has 1 amide bonds. The first kappa shape index (κ1) is 24.2. The van der Waals surface area contributed by atoms with Crippen molar-refractivity contribution < 1.29 is 9.53 Å². The van der Waals surface area contributed by atoms with E-state index in [1.54, 1.807) is 18.5 Å². The molecular weight excluding hydrogens is 502 g/mol. The lowest BCUT2D eigenvalue weighted by atomic mass is 10.0. The van der Waals surface area contributed by atoms with Crippen LogP contribution in [0.4, 0.5) is 11.5 Å². The number of nitrogens with one attached hydrogen (secondary N) is 1. The number of hydrogen-bond acceptors (Lipinski definition) is 8. The van der Waals surface area contributed by atoms with Gasteiger partial charge in [0.15, 0.2) is 0 Å². The highest BCUT2D eigenvalue weighted by Crippen LogP contribution is 2.28. The molecule has 4 rings (SSSR count). The molecule has 0 aliphatic carbocycles. The topological polar surface area (TPSA) is 118 Å². The lowest BCUT2D eigenvalue weighted by Gasteiger charge is -2.37. The molecule has 0 bridgehead atoms. The minimum Gasteiger partial charge on any atom is -0.379 e. The van der Waals surface area contributed by atoms with Gasteiger partial charge in [0, 0.05) is 38.9 Å². The van der Waals surface area contributed by atoms with E-state index in [4.69, 9.17) is 10.00 Å². The zero-order valence-corrected chi connectivity index (χ0v) is 20.5. The molecule has 2 saturated heterocycles. The number of ether oxygens (including phenoxy) is 1. The third-order valence-electron chi connectivity index (χ3n) is 6.32. The molecule has 2 fully saturated rings. The Bertz CT molecular complexity index is 1080. The van der Waals surface area contributed by atoms with E-state index in [-0.39, 0.29) is 17.5 Å². The number of anilines is 2. The van der Waals surface area contributed by atoms with E-state index in [0.717, 1.165) is 37.3 Å². The van der Waals surface area contributed by atoms with Crippen molar-refractivity contribution in [3.8, 4) is 6.07 Å². The molecule has 1 atom stereocenters. The molecular formula is C23H28BrN7O3. The molecule has 0 saturated carbocycles. The highest BCUT2D eigenvalue weighted by Gasteiger charge is 2.26. The van der Waals surface area contributed by atoms with E-state index in [9.17, 15) is 9.59 Å². The van der Waals surface area contributed by atoms with Gasteiger partial charge in [-0.1, -0.05) is 0 Å². The van der Waals surface area contributed by atoms with Gasteiger partial charge in [-0.25, -0.2) is 10.1 Å². The van der Waals surface area contributed by atoms with Crippen LogP contribution in [0.3, 0.4) is 0 Å². The molecule has 4 heterocycles. The van der Waals surface area contributed by atoms with E-state index in [0.29, 0.717) is 55.8 Å². The van der Waals surface area contributed by atoms with E-state index < -0.39 is 0 Å². The molecule has 34 heavy (non-hydrogen) atoms. The highest BCUT2D eigenvalue weighted by atomic mass is 79.9. The summed E-state index contributed by atoms with van der Waals surface area (Å²) in [6, 6.07) is 5.82. The number of aromatic nitrogens is 3. The smallest absolute Gasteiger partial charge is 0.280 e. The molecule has 0 radical (unpaired) electrons. The lowest BCUT2D eigenvalue weighted by molar-refractivity contribution is -0.132. The van der Waals surface area contributed by atoms with Crippen molar-refractivity contribution >= 4 is 33.3 Å². The summed E-state index contributed by atoms with van der Waals surface area (Å²) in [5.74, 6) is 0.920. The average molecular weight is 530 g/mol. The van der Waals surface area contributed by atoms with Crippen LogP contribution in [0, 0.1) is 11.3 Å². The van der Waals surface area contributed by atoms with Gasteiger partial charge in [-0.05, 0) is 47.3 Å². The number of carbonyl (C=O) groups is 1. The van der Waals surface area contributed by atoms with Crippen molar-refractivity contribution in [3.05, 3.63) is 44.9 Å². The van der Waals surface area contributed by atoms with Gasteiger partial charge in [-0.3, -0.25) is 9.59 Å². The Morgan fingerprint density at radius 1 is 1.21 bits per heavy atom. The number of hydrogen-bond donors (Lipinski definition) is 1. The van der Waals surface area contributed by atoms with E-state index in [2.05, 4.69) is 47.0 Å². The second-order valence-corrected chi connectivity index (χ2v) is 9.24. The number of nitriles is 1. The number of piperidine rings is 1. The molecule has 10 nitrogen and oxygen atoms in total. The molecule has 1 N–H and O–H groups in total. The predicted octanol–water partition coefficient (Wildman–Crippen LogP) is 1.91. The Morgan fingerprint density at radius 3 is 2.76 bits per heavy atom. The number of piperazine rings is 1. The van der Waals surface area contributed by atoms with Crippen LogP contribution in [0.2, 0.25) is 0 Å². The van der Waals surface area contributed by atoms with Crippen LogP contribution >= 0.6 is 15.9 Å². The number of H-pyrrole nitrogens is 1. The van der Waals surface area contributed by atoms with Gasteiger partial charge in [0.1, 0.15) is 16.4 Å². The Morgan fingerprint density at radius 2 is 2.03 bits per heavy atom. The maximum Gasteiger partial charge on any atom is 0.280 e. The summed E-state index contributed by atoms with van der Waals surface area (Å²) in [4.78, 5) is 35.1. The molecule has 11 heteroatoms. The Labute approximate surface area is 206 Å². The second-order valence-electron chi connectivity index (χ2n) is 8.45. The van der Waals surface area contributed by atoms with Crippen LogP contribution in [-0.2, 0) is 9.53 Å². The standard InChI is InChI=1S/C23H28BrN7O3/c24-22-19(15-27-28-23(22)33)31-7-2-1-3-18(31)16-34-12-6-21(32)30-10-8-29(9-11-30)20-5-4-17(13-25)14-26-20/h4-5,14-15,18H,1-3,6-12,16H2,(H,28,33). The third kappa shape index (κ3) is 5.74. The number of nitrogens with zero attached hydrogens (tertiary/aromatic N) is 6. The van der Waals surface area contributed by atoms with Crippen LogP contribution in [0.25, 0.3) is 0 Å². The maximum atomic E-state index is 12.7. The summed E-state index contributed by atoms with van der Waals surface area (Å²) in [7, 11) is 0. The Hall–Kier alpha value is -2.97. The Balaban J connectivity index is 1.21. The molecule has 2 aromatic rings. The van der Waals surface area contributed by atoms with Crippen LogP contribution in [0.5, 0.6) is 0 Å². The summed E-state index contributed by atoms with van der Waals surface area (Å²) in [6.45, 7) is 4.42. The predicted molar refractivity (Wildman–Crippen MR) is 131 cm³/mol. The lowest BCUT2D eigenvalue weighted by Crippen LogP contribution is -2.49. The maximum absolute atomic E-state index is 12.7. The number of aromatic amines is 1. The number of amides is 1. The van der Waals surface area contributed by atoms with Gasteiger partial charge in [-0.15, -0.1) is 0 Å². The molecule has 2 aliphatic heterocycles. The fourth-order valence-electron chi connectivity index (χ4n) is 4.43. The Kier molecular flexibility index (Phi) is 8.13. The van der Waals surface area contributed by atoms with Crippen LogP contribution in [0.15, 0.2) is 33.8 Å². The summed E-state index contributed by atoms with van der Waals surface area (Å²) >= 11 is 3.38. The summed E-state index contributed by atoms with van der Waals surface area (Å²) in [5, 5.41) is 15.3. The molecule has 2 aliphatic rings. The largest absolute Gasteiger partial charge is 0.379 e. The molecule has 0 aromatic carbocycles. The molecule has 1 unspecified atom stereocenters. The molecule has 2 aromatic heterocycles. The summed E-state index contributed by atoms with van der Waals surface area (Å²) in [6.07, 6.45) is 6.72. The van der Waals surface area contributed by atoms with Crippen molar-refractivity contribution in [1.29, 1.82) is 5.26 Å². The first-order valence-electron chi connectivity index (χ1n) is 11.5. The average Bonchev–Trinajstić information content (AvgIpc) is 2.88. The van der Waals surface area contributed by atoms with Crippen molar-refractivity contribution in [1.82, 2.24) is 20.1 Å². The molecule has 180 valence electrons. The first-order valence-corrected chi connectivity index (χ1v) is 12.3. The number of pyridine rings is 1. The van der Waals surface area contributed by atoms with Gasteiger partial charge < -0.3 is 19.4 Å². The first-order chi connectivity index (χ1) is 16.6. The van der Waals surface area contributed by atoms with Gasteiger partial charge in [-0.2, -0.15) is 10.4 Å². The summed E-state index contributed by atoms with van der Waals surface area (Å²) < 4.78 is 6.40. The second kappa shape index (κ2) is 11.4. The third-order valence-corrected chi connectivity index (χ3v) is 7.08. The van der Waals surface area contributed by atoms with Crippen LogP contribution in [-0.4, -0.2) is 78.0 Å². The van der Waals surface area contributed by atoms with Gasteiger partial charge in [0.05, 0.1) is 43.1 Å². The SMILES string of the molecule is N#Cc1ccc(N2CCN(C(=O)CCOCC3CCCCN3c3cn[nH]c(=O)c3Br)CC2)nc1. The van der Waals surface area contributed by atoms with Gasteiger partial charge >= 0.3 is 0 Å². The van der Waals surface area contributed by atoms with Crippen molar-refractivity contribution in [2.24, 2.45) is 0 Å². The van der Waals surface area contributed by atoms with Crippen LogP contribution in [0.1, 0.15) is 31.2 Å². The fourth-order valence-corrected chi connectivity index (χ4v) is 4.85. The quantitative estimate of drug-likeness (QED) is 0.540. The number of halogens is 1. The van der Waals surface area contributed by atoms with E-state index in [1.165, 1.54) is 0 Å². The normalized spacial score (nSPS) is 18.6. The zero-order chi connectivity index (χ0) is 23.9. The summed E-state index contributed by atoms with van der Waals surface area (Å²) in [5.41, 5.74) is 1.07. The van der Waals surface area contributed by atoms with Crippen molar-refractivity contribution in [2.45, 2.75) is 31.7 Å². The van der Waals surface area contributed by atoms with Gasteiger partial charge in [0.2, 0.25) is 5.91 Å². The van der Waals surface area contributed by atoms with Crippen molar-refractivity contribution in [2.75, 3.05) is 55.7 Å². The highest BCUT2D eigenvalue weighted by molar-refractivity contribution is 9.10. The minimum atomic E-state index is -0.247. The number of rotatable bonds is 7. The monoisotopic (exact) mass is 529 g/mol. The minimum absolute atomic E-state index is 0.0921. The van der Waals surface area contributed by atoms with Gasteiger partial charge in [0.25, 0.3) is 5.56 Å². The fraction of sp³-hybridized carbons (Fsp3) is 0.522.